The van der Waals surface area contributed by atoms with E-state index in [9.17, 15) is 0 Å². The summed E-state index contributed by atoms with van der Waals surface area (Å²) >= 11 is 0. The minimum absolute atomic E-state index is 0. The van der Waals surface area contributed by atoms with Crippen LogP contribution in [0.2, 0.25) is 0 Å². The van der Waals surface area contributed by atoms with Crippen molar-refractivity contribution < 1.29 is 98.2 Å². The Morgan fingerprint density at radius 3 is 0.571 bits per heavy atom. The van der Waals surface area contributed by atoms with Gasteiger partial charge in [0.25, 0.3) is 0 Å². The van der Waals surface area contributed by atoms with Gasteiger partial charge in [-0.15, -0.1) is 0 Å². The molecule has 28 valence electrons. The maximum Gasteiger partial charge on any atom is 1.00 e. The van der Waals surface area contributed by atoms with Crippen LogP contribution < -0.4 is 75.4 Å². The molecule has 0 unspecified atom stereocenters. The molecule has 0 aliphatic carbocycles. The van der Waals surface area contributed by atoms with Crippen LogP contribution in [0, 0.1) is 0 Å². The monoisotopic (exact) mass is 148 g/mol. The second-order valence-corrected chi connectivity index (χ2v) is 0. The second-order valence-electron chi connectivity index (χ2n) is 0. The Morgan fingerprint density at radius 2 is 0.571 bits per heavy atom. The van der Waals surface area contributed by atoms with E-state index in [0.29, 0.717) is 0 Å². The Hall–Kier alpha value is 3.97. The minimum atomic E-state index is 0. The molecule has 0 nitrogen and oxygen atoms in total. The van der Waals surface area contributed by atoms with E-state index < -0.39 is 0 Å². The number of hydrogen-bond donors (Lipinski definition) is 0. The zero-order valence-corrected chi connectivity index (χ0v) is 5.46. The SMILES string of the molecule is [AlH3].[AlH3].[Fe].[H-].[H-].[H-].[H-].[Li+].[Li+].[Li+].[Li+]. The van der Waals surface area contributed by atoms with Crippen LogP contribution in [-0.4, -0.2) is 34.7 Å². The third-order valence-corrected chi connectivity index (χ3v) is 0. The fourth-order valence-corrected chi connectivity index (χ4v) is 0. The van der Waals surface area contributed by atoms with Gasteiger partial charge in [-0.3, -0.25) is 0 Å². The van der Waals surface area contributed by atoms with Crippen LogP contribution in [0.25, 0.3) is 0 Å². The minimum Gasteiger partial charge on any atom is -1.00 e. The Bertz CT molecular complexity index is 20.1. The average Bonchev–Trinajstić information content (AvgIpc) is 0. The first-order valence-corrected chi connectivity index (χ1v) is 0. The first-order valence-electron chi connectivity index (χ1n) is 0. The van der Waals surface area contributed by atoms with Gasteiger partial charge in [-0.25, -0.2) is 0 Å². The average molecular weight is 148 g/mol. The van der Waals surface area contributed by atoms with Gasteiger partial charge in [-0.05, 0) is 0 Å². The van der Waals surface area contributed by atoms with Crippen LogP contribution in [0.15, 0.2) is 0 Å². The summed E-state index contributed by atoms with van der Waals surface area (Å²) in [5.41, 5.74) is 0. The van der Waals surface area contributed by atoms with Gasteiger partial charge in [0, 0.05) is 17.1 Å². The zero-order chi connectivity index (χ0) is 0. The van der Waals surface area contributed by atoms with Crippen molar-refractivity contribution in [2.24, 2.45) is 0 Å². The Kier molecular flexibility index (Phi) is 502. The van der Waals surface area contributed by atoms with Crippen molar-refractivity contribution in [1.29, 1.82) is 0 Å². The third kappa shape index (κ3) is 40.2. The van der Waals surface area contributed by atoms with Gasteiger partial charge in [0.1, 0.15) is 0 Å². The van der Waals surface area contributed by atoms with E-state index in [4.69, 9.17) is 0 Å². The first-order chi connectivity index (χ1) is 0. The smallest absolute Gasteiger partial charge is 1.00 e. The van der Waals surface area contributed by atoms with Gasteiger partial charge in [0.05, 0.1) is 0 Å². The first kappa shape index (κ1) is 69.1. The third-order valence-electron chi connectivity index (χ3n) is 0. The van der Waals surface area contributed by atoms with Crippen LogP contribution in [-0.2, 0) is 17.1 Å². The molecule has 0 rings (SSSR count). The topological polar surface area (TPSA) is 0 Å². The summed E-state index contributed by atoms with van der Waals surface area (Å²) in [6.45, 7) is 0. The molecule has 0 saturated carbocycles. The van der Waals surface area contributed by atoms with Gasteiger partial charge >= 0.3 is 75.4 Å². The molecule has 0 aromatic rings. The summed E-state index contributed by atoms with van der Waals surface area (Å²) in [6.07, 6.45) is 0. The van der Waals surface area contributed by atoms with Crippen LogP contribution in [0.3, 0.4) is 0 Å². The van der Waals surface area contributed by atoms with Crippen molar-refractivity contribution in [1.82, 2.24) is 0 Å². The molecule has 0 aromatic heterocycles. The molecule has 0 heterocycles. The van der Waals surface area contributed by atoms with Crippen molar-refractivity contribution in [3.05, 3.63) is 0 Å². The van der Waals surface area contributed by atoms with Crippen molar-refractivity contribution in [3.63, 3.8) is 0 Å². The predicted octanol–water partition coefficient (Wildman–Crippen LogP) is -13.9. The molecule has 7 heteroatoms. The summed E-state index contributed by atoms with van der Waals surface area (Å²) in [4.78, 5) is 0. The summed E-state index contributed by atoms with van der Waals surface area (Å²) in [5, 5.41) is 0. The van der Waals surface area contributed by atoms with E-state index in [-0.39, 0.29) is 133 Å². The Balaban J connectivity index is 0. The maximum absolute atomic E-state index is 0. The Labute approximate surface area is 131 Å². The van der Waals surface area contributed by atoms with Crippen LogP contribution in [0.4, 0.5) is 0 Å². The van der Waals surface area contributed by atoms with Gasteiger partial charge < -0.3 is 5.71 Å². The van der Waals surface area contributed by atoms with Crippen molar-refractivity contribution in [2.75, 3.05) is 0 Å². The molecule has 0 aliphatic rings. The summed E-state index contributed by atoms with van der Waals surface area (Å²) < 4.78 is 0. The molecule has 0 radical (unpaired) electrons. The molecule has 0 spiro atoms. The normalized spacial score (nSPS) is 0. The van der Waals surface area contributed by atoms with E-state index in [0.717, 1.165) is 0 Å². The maximum atomic E-state index is 0. The van der Waals surface area contributed by atoms with Gasteiger partial charge in [-0.2, -0.15) is 0 Å². The molecule has 0 aliphatic heterocycles. The summed E-state index contributed by atoms with van der Waals surface area (Å²) in [5.74, 6) is 0. The number of rotatable bonds is 0. The predicted molar refractivity (Wildman–Crippen MR) is 24.3 cm³/mol. The molecule has 0 atom stereocenters. The van der Waals surface area contributed by atoms with Crippen molar-refractivity contribution in [2.45, 2.75) is 0 Å². The van der Waals surface area contributed by atoms with Gasteiger partial charge in [0.2, 0.25) is 0 Å². The van der Waals surface area contributed by atoms with E-state index in [1.807, 2.05) is 0 Å². The van der Waals surface area contributed by atoms with Gasteiger partial charge in [0.15, 0.2) is 34.7 Å². The molecule has 0 aromatic carbocycles. The van der Waals surface area contributed by atoms with E-state index in [1.54, 1.807) is 0 Å². The fourth-order valence-electron chi connectivity index (χ4n) is 0. The summed E-state index contributed by atoms with van der Waals surface area (Å²) in [6, 6.07) is 0. The van der Waals surface area contributed by atoms with E-state index in [1.165, 1.54) is 0 Å². The number of hydrogen-bond acceptors (Lipinski definition) is 0. The van der Waals surface area contributed by atoms with Crippen molar-refractivity contribution >= 4 is 34.7 Å². The zero-order valence-electron chi connectivity index (χ0n) is 8.35. The molecule has 0 amide bonds. The van der Waals surface area contributed by atoms with Crippen LogP contribution in [0.5, 0.6) is 0 Å². The Morgan fingerprint density at radius 1 is 0.571 bits per heavy atom. The van der Waals surface area contributed by atoms with Crippen LogP contribution in [0.1, 0.15) is 5.71 Å². The largest absolute Gasteiger partial charge is 1.00 e. The molecular formula is H10Al2FeLi4. The van der Waals surface area contributed by atoms with Crippen molar-refractivity contribution in [3.8, 4) is 0 Å². The second kappa shape index (κ2) is 50.9. The fraction of sp³-hybridized carbons (Fsp3) is 0. The molecule has 0 fully saturated rings. The van der Waals surface area contributed by atoms with Gasteiger partial charge in [-0.1, -0.05) is 0 Å². The molecule has 0 N–H and O–H groups in total. The standard InChI is InChI=1S/2Al.Fe.4Li.10H/q;;;4*+1;;;;;;;4*-1. The summed E-state index contributed by atoms with van der Waals surface area (Å²) in [7, 11) is 0. The van der Waals surface area contributed by atoms with E-state index >= 15 is 0 Å². The van der Waals surface area contributed by atoms with E-state index in [2.05, 4.69) is 0 Å². The van der Waals surface area contributed by atoms with Crippen LogP contribution >= 0.6 is 0 Å². The molecular weight excluding hydrogens is 138 g/mol. The molecule has 0 saturated heterocycles. The quantitative estimate of drug-likeness (QED) is 0.299. The molecule has 0 bridgehead atoms. The molecule has 7 heavy (non-hydrogen) atoms.